The first-order valence-corrected chi connectivity index (χ1v) is 13.7. The van der Waals surface area contributed by atoms with E-state index in [4.69, 9.17) is 4.52 Å². The van der Waals surface area contributed by atoms with Crippen LogP contribution < -0.4 is 10.2 Å². The molecule has 1 aromatic heterocycles. The molecule has 1 amide bonds. The molecule has 2 aromatic carbocycles. The lowest BCUT2D eigenvalue weighted by Gasteiger charge is -2.32. The van der Waals surface area contributed by atoms with Crippen molar-refractivity contribution in [2.45, 2.75) is 59.0 Å². The predicted octanol–water partition coefficient (Wildman–Crippen LogP) is 5.37. The normalized spacial score (nSPS) is 18.6. The van der Waals surface area contributed by atoms with Crippen molar-refractivity contribution in [3.8, 4) is 11.4 Å². The molecule has 7 heteroatoms. The van der Waals surface area contributed by atoms with Gasteiger partial charge in [-0.05, 0) is 76.2 Å². The van der Waals surface area contributed by atoms with Gasteiger partial charge in [0.25, 0.3) is 0 Å². The first-order chi connectivity index (χ1) is 17.9. The molecule has 196 valence electrons. The van der Waals surface area contributed by atoms with Gasteiger partial charge in [-0.1, -0.05) is 54.0 Å². The average Bonchev–Trinajstić information content (AvgIpc) is 3.38. The van der Waals surface area contributed by atoms with E-state index in [1.807, 2.05) is 24.3 Å². The summed E-state index contributed by atoms with van der Waals surface area (Å²) in [5, 5.41) is 7.39. The summed E-state index contributed by atoms with van der Waals surface area (Å²) in [6.45, 7) is 11.0. The zero-order valence-electron chi connectivity index (χ0n) is 22.3. The Morgan fingerprint density at radius 1 is 1.00 bits per heavy atom. The summed E-state index contributed by atoms with van der Waals surface area (Å²) >= 11 is 0. The molecule has 2 fully saturated rings. The Morgan fingerprint density at radius 2 is 1.68 bits per heavy atom. The first-order valence-electron chi connectivity index (χ1n) is 13.7. The number of carbonyl (C=O) groups excluding carboxylic acids is 1. The molecule has 2 aliphatic rings. The molecule has 1 atom stereocenters. The largest absolute Gasteiger partial charge is 0.372 e. The van der Waals surface area contributed by atoms with Crippen LogP contribution in [0.2, 0.25) is 0 Å². The predicted molar refractivity (Wildman–Crippen MR) is 146 cm³/mol. The van der Waals surface area contributed by atoms with Gasteiger partial charge in [-0.2, -0.15) is 4.98 Å². The number of piperidine rings is 2. The van der Waals surface area contributed by atoms with E-state index in [2.05, 4.69) is 70.3 Å². The van der Waals surface area contributed by atoms with E-state index in [-0.39, 0.29) is 17.9 Å². The highest BCUT2D eigenvalue weighted by Gasteiger charge is 2.27. The van der Waals surface area contributed by atoms with Gasteiger partial charge >= 0.3 is 0 Å². The standard InChI is InChI=1S/C30H39N5O2/c1-21-4-6-25(7-5-21)29-32-28(37-33-29)20-34-16-14-26(15-17-34)30(36)31-23(3)24-8-10-27(11-9-24)35-18-12-22(2)13-19-35/h4-11,22-23,26H,12-20H2,1-3H3,(H,31,36). The third kappa shape index (κ3) is 6.39. The summed E-state index contributed by atoms with van der Waals surface area (Å²) < 4.78 is 5.49. The molecule has 7 nitrogen and oxygen atoms in total. The maximum Gasteiger partial charge on any atom is 0.241 e. The highest BCUT2D eigenvalue weighted by Crippen LogP contribution is 2.26. The van der Waals surface area contributed by atoms with Gasteiger partial charge in [-0.25, -0.2) is 0 Å². The van der Waals surface area contributed by atoms with Gasteiger partial charge in [-0.3, -0.25) is 9.69 Å². The van der Waals surface area contributed by atoms with E-state index in [1.54, 1.807) is 0 Å². The van der Waals surface area contributed by atoms with Gasteiger partial charge in [0.2, 0.25) is 17.6 Å². The Morgan fingerprint density at radius 3 is 2.35 bits per heavy atom. The maximum atomic E-state index is 13.0. The van der Waals surface area contributed by atoms with Crippen molar-refractivity contribution >= 4 is 11.6 Å². The Labute approximate surface area is 220 Å². The molecule has 0 bridgehead atoms. The third-order valence-corrected chi connectivity index (χ3v) is 8.00. The highest BCUT2D eigenvalue weighted by molar-refractivity contribution is 5.79. The second-order valence-corrected chi connectivity index (χ2v) is 10.9. The van der Waals surface area contributed by atoms with Crippen molar-refractivity contribution in [1.82, 2.24) is 20.4 Å². The number of benzene rings is 2. The van der Waals surface area contributed by atoms with E-state index in [0.29, 0.717) is 18.3 Å². The SMILES string of the molecule is Cc1ccc(-c2noc(CN3CCC(C(=O)NC(C)c4ccc(N5CCC(C)CC5)cc4)CC3)n2)cc1. The third-order valence-electron chi connectivity index (χ3n) is 8.00. The number of hydrogen-bond acceptors (Lipinski definition) is 6. The van der Waals surface area contributed by atoms with Crippen LogP contribution in [0, 0.1) is 18.8 Å². The van der Waals surface area contributed by atoms with Gasteiger partial charge in [0, 0.05) is 30.3 Å². The van der Waals surface area contributed by atoms with Crippen molar-refractivity contribution in [1.29, 1.82) is 0 Å². The molecule has 3 aromatic rings. The zero-order valence-corrected chi connectivity index (χ0v) is 22.3. The molecule has 2 aliphatic heterocycles. The number of likely N-dealkylation sites (tertiary alicyclic amines) is 1. The molecule has 37 heavy (non-hydrogen) atoms. The molecule has 2 saturated heterocycles. The molecule has 0 radical (unpaired) electrons. The minimum absolute atomic E-state index is 0.000421. The van der Waals surface area contributed by atoms with Crippen LogP contribution in [0.5, 0.6) is 0 Å². The monoisotopic (exact) mass is 501 g/mol. The molecule has 0 aliphatic carbocycles. The minimum atomic E-state index is -0.000421. The number of hydrogen-bond donors (Lipinski definition) is 1. The summed E-state index contributed by atoms with van der Waals surface area (Å²) in [5.41, 5.74) is 4.60. The Balaban J connectivity index is 1.08. The Kier molecular flexibility index (Phi) is 7.89. The number of aryl methyl sites for hydroxylation is 1. The Hall–Kier alpha value is -3.19. The molecule has 1 unspecified atom stereocenters. The minimum Gasteiger partial charge on any atom is -0.372 e. The lowest BCUT2D eigenvalue weighted by Crippen LogP contribution is -2.41. The summed E-state index contributed by atoms with van der Waals surface area (Å²) in [6, 6.07) is 16.9. The summed E-state index contributed by atoms with van der Waals surface area (Å²) in [4.78, 5) is 22.3. The van der Waals surface area contributed by atoms with Crippen LogP contribution in [0.15, 0.2) is 53.1 Å². The Bertz CT molecular complexity index is 1160. The second kappa shape index (κ2) is 11.5. The van der Waals surface area contributed by atoms with Crippen molar-refractivity contribution in [2.75, 3.05) is 31.1 Å². The van der Waals surface area contributed by atoms with Gasteiger partial charge < -0.3 is 14.7 Å². The maximum absolute atomic E-state index is 13.0. The molecule has 1 N–H and O–H groups in total. The van der Waals surface area contributed by atoms with E-state index >= 15 is 0 Å². The lowest BCUT2D eigenvalue weighted by atomic mass is 9.95. The number of aromatic nitrogens is 2. The van der Waals surface area contributed by atoms with E-state index in [9.17, 15) is 4.79 Å². The molecule has 3 heterocycles. The van der Waals surface area contributed by atoms with Crippen LogP contribution in [0.3, 0.4) is 0 Å². The number of nitrogens with zero attached hydrogens (tertiary/aromatic N) is 4. The lowest BCUT2D eigenvalue weighted by molar-refractivity contribution is -0.127. The average molecular weight is 502 g/mol. The molecular formula is C30H39N5O2. The summed E-state index contributed by atoms with van der Waals surface area (Å²) in [7, 11) is 0. The molecular weight excluding hydrogens is 462 g/mol. The highest BCUT2D eigenvalue weighted by atomic mass is 16.5. The first kappa shape index (κ1) is 25.5. The number of rotatable bonds is 7. The fourth-order valence-corrected chi connectivity index (χ4v) is 5.34. The van der Waals surface area contributed by atoms with Crippen LogP contribution in [0.1, 0.15) is 62.6 Å². The second-order valence-electron chi connectivity index (χ2n) is 10.9. The van der Waals surface area contributed by atoms with Crippen LogP contribution >= 0.6 is 0 Å². The van der Waals surface area contributed by atoms with Gasteiger partial charge in [0.15, 0.2) is 0 Å². The van der Waals surface area contributed by atoms with Crippen LogP contribution in [0.4, 0.5) is 5.69 Å². The van der Waals surface area contributed by atoms with Crippen LogP contribution in [-0.4, -0.2) is 47.1 Å². The fraction of sp³-hybridized carbons (Fsp3) is 0.500. The van der Waals surface area contributed by atoms with Crippen molar-refractivity contribution in [2.24, 2.45) is 11.8 Å². The van der Waals surface area contributed by atoms with Gasteiger partial charge in [0.05, 0.1) is 12.6 Å². The number of amides is 1. The van der Waals surface area contributed by atoms with E-state index in [0.717, 1.165) is 56.1 Å². The van der Waals surface area contributed by atoms with Crippen molar-refractivity contribution in [3.63, 3.8) is 0 Å². The summed E-state index contributed by atoms with van der Waals surface area (Å²) in [6.07, 6.45) is 4.19. The van der Waals surface area contributed by atoms with Crippen molar-refractivity contribution in [3.05, 3.63) is 65.5 Å². The van der Waals surface area contributed by atoms with Gasteiger partial charge in [-0.15, -0.1) is 0 Å². The zero-order chi connectivity index (χ0) is 25.8. The quantitative estimate of drug-likeness (QED) is 0.469. The van der Waals surface area contributed by atoms with Gasteiger partial charge in [0.1, 0.15) is 0 Å². The number of nitrogens with one attached hydrogen (secondary N) is 1. The summed E-state index contributed by atoms with van der Waals surface area (Å²) in [5.74, 6) is 2.26. The topological polar surface area (TPSA) is 74.5 Å². The molecule has 5 rings (SSSR count). The van der Waals surface area contributed by atoms with Crippen LogP contribution in [-0.2, 0) is 11.3 Å². The molecule has 0 spiro atoms. The van der Waals surface area contributed by atoms with E-state index in [1.165, 1.54) is 24.1 Å². The number of anilines is 1. The number of carbonyl (C=O) groups is 1. The fourth-order valence-electron chi connectivity index (χ4n) is 5.34. The smallest absolute Gasteiger partial charge is 0.241 e. The van der Waals surface area contributed by atoms with Crippen LogP contribution in [0.25, 0.3) is 11.4 Å². The van der Waals surface area contributed by atoms with E-state index < -0.39 is 0 Å². The van der Waals surface area contributed by atoms with Crippen molar-refractivity contribution < 1.29 is 9.32 Å². The molecule has 0 saturated carbocycles.